The molecule has 7 heteroatoms. The summed E-state index contributed by atoms with van der Waals surface area (Å²) in [6.07, 6.45) is 0. The average molecular weight is 431 g/mol. The van der Waals surface area contributed by atoms with Crippen LogP contribution < -0.4 is 5.69 Å². The summed E-state index contributed by atoms with van der Waals surface area (Å²) in [6, 6.07) is 23.7. The van der Waals surface area contributed by atoms with E-state index in [0.717, 1.165) is 11.1 Å². The average Bonchev–Trinajstić information content (AvgIpc) is 2.80. The molecule has 0 spiro atoms. The zero-order chi connectivity index (χ0) is 21.8. The zero-order valence-corrected chi connectivity index (χ0v) is 17.5. The Morgan fingerprint density at radius 1 is 0.968 bits per heavy atom. The van der Waals surface area contributed by atoms with Gasteiger partial charge < -0.3 is 4.90 Å². The molecule has 0 aliphatic heterocycles. The van der Waals surface area contributed by atoms with Crippen LogP contribution in [0.15, 0.2) is 83.7 Å². The van der Waals surface area contributed by atoms with E-state index >= 15 is 0 Å². The van der Waals surface area contributed by atoms with E-state index in [1.165, 1.54) is 0 Å². The largest absolute Gasteiger partial charge is 0.348 e. The molecule has 0 unspecified atom stereocenters. The van der Waals surface area contributed by atoms with E-state index in [1.807, 2.05) is 60.7 Å². The Kier molecular flexibility index (Phi) is 5.91. The molecule has 4 rings (SSSR count). The molecule has 31 heavy (non-hydrogen) atoms. The molecule has 3 aromatic carbocycles. The fourth-order valence-corrected chi connectivity index (χ4v) is 3.43. The highest BCUT2D eigenvalue weighted by Crippen LogP contribution is 2.27. The smallest absolute Gasteiger partial charge is 0.337 e. The van der Waals surface area contributed by atoms with Crippen LogP contribution in [0.4, 0.5) is 0 Å². The summed E-state index contributed by atoms with van der Waals surface area (Å²) >= 11 is 6.41. The van der Waals surface area contributed by atoms with Gasteiger partial charge in [0.25, 0.3) is 5.91 Å². The van der Waals surface area contributed by atoms with Crippen LogP contribution in [0.3, 0.4) is 0 Å². The van der Waals surface area contributed by atoms with Crippen molar-refractivity contribution in [3.63, 3.8) is 0 Å². The highest BCUT2D eigenvalue weighted by atomic mass is 35.5. The molecule has 0 radical (unpaired) electrons. The van der Waals surface area contributed by atoms with Crippen LogP contribution in [-0.2, 0) is 6.54 Å². The van der Waals surface area contributed by atoms with Gasteiger partial charge >= 0.3 is 5.69 Å². The summed E-state index contributed by atoms with van der Waals surface area (Å²) in [5.41, 5.74) is 2.26. The van der Waals surface area contributed by atoms with Crippen LogP contribution in [0.5, 0.6) is 0 Å². The molecule has 154 valence electrons. The predicted molar refractivity (Wildman–Crippen MR) is 121 cm³/mol. The van der Waals surface area contributed by atoms with E-state index in [4.69, 9.17) is 11.6 Å². The third-order valence-electron chi connectivity index (χ3n) is 4.76. The van der Waals surface area contributed by atoms with Gasteiger partial charge in [0.15, 0.2) is 5.82 Å². The van der Waals surface area contributed by atoms with Crippen LogP contribution in [0.2, 0.25) is 5.02 Å². The quantitative estimate of drug-likeness (QED) is 0.508. The maximum absolute atomic E-state index is 12.6. The Morgan fingerprint density at radius 3 is 2.35 bits per heavy atom. The second-order valence-electron chi connectivity index (χ2n) is 7.03. The van der Waals surface area contributed by atoms with Crippen molar-refractivity contribution in [3.05, 3.63) is 105 Å². The molecule has 0 bridgehead atoms. The molecule has 1 N–H and O–H groups in total. The van der Waals surface area contributed by atoms with Gasteiger partial charge in [-0.1, -0.05) is 66.2 Å². The van der Waals surface area contributed by atoms with E-state index < -0.39 is 5.69 Å². The monoisotopic (exact) mass is 430 g/mol. The molecule has 0 fully saturated rings. The summed E-state index contributed by atoms with van der Waals surface area (Å²) in [5, 5.41) is 0.439. The van der Waals surface area contributed by atoms with Crippen molar-refractivity contribution in [3.8, 4) is 22.8 Å². The lowest BCUT2D eigenvalue weighted by molar-refractivity contribution is 0.0785. The van der Waals surface area contributed by atoms with Crippen molar-refractivity contribution in [1.29, 1.82) is 0 Å². The van der Waals surface area contributed by atoms with Crippen molar-refractivity contribution in [2.24, 2.45) is 0 Å². The normalized spacial score (nSPS) is 10.6. The fraction of sp³-hybridized carbons (Fsp3) is 0.0833. The molecule has 1 amide bonds. The van der Waals surface area contributed by atoms with E-state index in [-0.39, 0.29) is 5.91 Å². The van der Waals surface area contributed by atoms with Crippen molar-refractivity contribution in [1.82, 2.24) is 19.9 Å². The number of hydrogen-bond acceptors (Lipinski definition) is 4. The number of hydrogen-bond donors (Lipinski definition) is 1. The second kappa shape index (κ2) is 8.93. The molecule has 4 aromatic rings. The van der Waals surface area contributed by atoms with Gasteiger partial charge in [0, 0.05) is 30.3 Å². The number of nitrogens with one attached hydrogen (secondary N) is 1. The number of H-pyrrole nitrogens is 1. The first-order chi connectivity index (χ1) is 15.0. The van der Waals surface area contributed by atoms with Gasteiger partial charge in [0.2, 0.25) is 0 Å². The summed E-state index contributed by atoms with van der Waals surface area (Å²) in [5.74, 6) is 0.554. The van der Waals surface area contributed by atoms with Gasteiger partial charge in [-0.05, 0) is 29.8 Å². The van der Waals surface area contributed by atoms with Crippen LogP contribution in [0.25, 0.3) is 22.8 Å². The Balaban J connectivity index is 1.65. The minimum Gasteiger partial charge on any atom is -0.337 e. The van der Waals surface area contributed by atoms with E-state index in [1.54, 1.807) is 30.1 Å². The van der Waals surface area contributed by atoms with Gasteiger partial charge in [-0.25, -0.2) is 9.78 Å². The molecule has 0 atom stereocenters. The fourth-order valence-electron chi connectivity index (χ4n) is 3.23. The molecule has 6 nitrogen and oxygen atoms in total. The molecule has 0 saturated heterocycles. The SMILES string of the molecule is CN(Cc1ccc(Cl)c(-c2nc(-c3ccccc3)nc(=O)[nH]2)c1)C(=O)c1ccccc1. The zero-order valence-electron chi connectivity index (χ0n) is 16.7. The number of aromatic nitrogens is 3. The first-order valence-electron chi connectivity index (χ1n) is 9.64. The number of carbonyl (C=O) groups excluding carboxylic acids is 1. The van der Waals surface area contributed by atoms with Crippen molar-refractivity contribution >= 4 is 17.5 Å². The molecular weight excluding hydrogens is 412 g/mol. The van der Waals surface area contributed by atoms with Crippen LogP contribution in [0, 0.1) is 0 Å². The standard InChI is InChI=1S/C24H19ClN4O2/c1-29(23(30)18-10-6-3-7-11-18)15-16-12-13-20(25)19(14-16)22-26-21(27-24(31)28-22)17-8-4-2-5-9-17/h2-14H,15H2,1H3,(H,26,27,28,31). The molecule has 1 aromatic heterocycles. The van der Waals surface area contributed by atoms with Crippen molar-refractivity contribution in [2.45, 2.75) is 6.54 Å². The highest BCUT2D eigenvalue weighted by molar-refractivity contribution is 6.33. The lowest BCUT2D eigenvalue weighted by Crippen LogP contribution is -2.26. The third-order valence-corrected chi connectivity index (χ3v) is 5.09. The summed E-state index contributed by atoms with van der Waals surface area (Å²) in [4.78, 5) is 37.6. The number of aromatic amines is 1. The molecule has 1 heterocycles. The van der Waals surface area contributed by atoms with Gasteiger partial charge in [0.1, 0.15) is 5.82 Å². The molecular formula is C24H19ClN4O2. The maximum atomic E-state index is 12.6. The molecule has 0 aliphatic rings. The number of carbonyl (C=O) groups is 1. The predicted octanol–water partition coefficient (Wildman–Crippen LogP) is 4.42. The van der Waals surface area contributed by atoms with Crippen molar-refractivity contribution in [2.75, 3.05) is 7.05 Å². The molecule has 0 aliphatic carbocycles. The minimum atomic E-state index is -0.512. The third kappa shape index (κ3) is 4.70. The van der Waals surface area contributed by atoms with E-state index in [0.29, 0.717) is 34.3 Å². The minimum absolute atomic E-state index is 0.0843. The van der Waals surface area contributed by atoms with Gasteiger partial charge in [0.05, 0.1) is 5.02 Å². The lowest BCUT2D eigenvalue weighted by atomic mass is 10.1. The van der Waals surface area contributed by atoms with Gasteiger partial charge in [-0.3, -0.25) is 9.78 Å². The van der Waals surface area contributed by atoms with Gasteiger partial charge in [-0.2, -0.15) is 4.98 Å². The number of amides is 1. The summed E-state index contributed by atoms with van der Waals surface area (Å²) < 4.78 is 0. The first-order valence-corrected chi connectivity index (χ1v) is 10.0. The number of rotatable bonds is 5. The van der Waals surface area contributed by atoms with Crippen LogP contribution >= 0.6 is 11.6 Å². The Bertz CT molecular complexity index is 1270. The first kappa shape index (κ1) is 20.5. The highest BCUT2D eigenvalue weighted by Gasteiger charge is 2.15. The Hall–Kier alpha value is -3.77. The van der Waals surface area contributed by atoms with Gasteiger partial charge in [-0.15, -0.1) is 0 Å². The van der Waals surface area contributed by atoms with Crippen molar-refractivity contribution < 1.29 is 4.79 Å². The summed E-state index contributed by atoms with van der Waals surface area (Å²) in [7, 11) is 1.74. The van der Waals surface area contributed by atoms with Crippen LogP contribution in [-0.4, -0.2) is 32.8 Å². The Labute approximate surface area is 184 Å². The number of nitrogens with zero attached hydrogens (tertiary/aromatic N) is 3. The van der Waals surface area contributed by atoms with E-state index in [9.17, 15) is 9.59 Å². The molecule has 0 saturated carbocycles. The number of halogens is 1. The maximum Gasteiger partial charge on any atom is 0.348 e. The number of benzene rings is 3. The lowest BCUT2D eigenvalue weighted by Gasteiger charge is -2.18. The summed E-state index contributed by atoms with van der Waals surface area (Å²) in [6.45, 7) is 0.374. The van der Waals surface area contributed by atoms with Crippen LogP contribution in [0.1, 0.15) is 15.9 Å². The topological polar surface area (TPSA) is 79.0 Å². The second-order valence-corrected chi connectivity index (χ2v) is 7.44. The van der Waals surface area contributed by atoms with E-state index in [2.05, 4.69) is 15.0 Å². The Morgan fingerprint density at radius 2 is 1.65 bits per heavy atom.